The molecule has 4 heteroatoms. The second kappa shape index (κ2) is 22.4. The maximum absolute atomic E-state index is 13.7. The van der Waals surface area contributed by atoms with E-state index < -0.39 is 0 Å². The molecule has 0 saturated heterocycles. The van der Waals surface area contributed by atoms with E-state index >= 15 is 0 Å². The number of unbranched alkanes of at least 4 members (excludes halogenated alkanes) is 2. The Morgan fingerprint density at radius 2 is 1.04 bits per heavy atom. The molecule has 0 radical (unpaired) electrons. The smallest absolute Gasteiger partial charge is 0.310 e. The van der Waals surface area contributed by atoms with Gasteiger partial charge in [0.15, 0.2) is 0 Å². The minimum Gasteiger partial charge on any atom is -0.465 e. The van der Waals surface area contributed by atoms with Gasteiger partial charge in [0.05, 0.1) is 25.0 Å². The van der Waals surface area contributed by atoms with Crippen LogP contribution in [0.5, 0.6) is 0 Å². The predicted octanol–water partition coefficient (Wildman–Crippen LogP) is 13.8. The molecule has 0 aromatic heterocycles. The highest BCUT2D eigenvalue weighted by Crippen LogP contribution is 2.48. The fourth-order valence-electron chi connectivity index (χ4n) is 11.4. The Labute approximate surface area is 317 Å². The summed E-state index contributed by atoms with van der Waals surface area (Å²) in [6.07, 6.45) is 28.3. The van der Waals surface area contributed by atoms with Crippen molar-refractivity contribution in [3.63, 3.8) is 0 Å². The normalized spacial score (nSPS) is 32.5. The lowest BCUT2D eigenvalue weighted by molar-refractivity contribution is -0.167. The van der Waals surface area contributed by atoms with Crippen molar-refractivity contribution in [3.8, 4) is 0 Å². The molecule has 0 spiro atoms. The van der Waals surface area contributed by atoms with E-state index in [1.807, 2.05) is 0 Å². The summed E-state index contributed by atoms with van der Waals surface area (Å²) in [5.74, 6) is 3.28. The highest BCUT2D eigenvalue weighted by Gasteiger charge is 2.43. The first kappa shape index (κ1) is 44.3. The third-order valence-electron chi connectivity index (χ3n) is 14.8. The van der Waals surface area contributed by atoms with Gasteiger partial charge >= 0.3 is 11.9 Å². The zero-order chi connectivity index (χ0) is 37.4. The van der Waals surface area contributed by atoms with Gasteiger partial charge < -0.3 is 9.47 Å². The van der Waals surface area contributed by atoms with Gasteiger partial charge in [0.25, 0.3) is 0 Å². The van der Waals surface area contributed by atoms with E-state index in [0.717, 1.165) is 68.6 Å². The average Bonchev–Trinajstić information content (AvgIpc) is 3.12. The van der Waals surface area contributed by atoms with Gasteiger partial charge in [-0.05, 0) is 142 Å². The summed E-state index contributed by atoms with van der Waals surface area (Å²) in [4.78, 5) is 27.3. The summed E-state index contributed by atoms with van der Waals surface area (Å²) in [5, 5.41) is 0. The molecule has 4 nitrogen and oxygen atoms in total. The van der Waals surface area contributed by atoms with Crippen LogP contribution in [0.4, 0.5) is 0 Å². The Morgan fingerprint density at radius 1 is 0.608 bits per heavy atom. The molecule has 3 aliphatic rings. The Bertz CT molecular complexity index is 973. The van der Waals surface area contributed by atoms with Crippen molar-refractivity contribution in [2.75, 3.05) is 13.2 Å². The molecule has 0 bridgehead atoms. The number of ether oxygens (including phenoxy) is 2. The van der Waals surface area contributed by atoms with Gasteiger partial charge in [-0.15, -0.1) is 0 Å². The highest BCUT2D eigenvalue weighted by atomic mass is 16.5. The molecule has 0 heterocycles. The largest absolute Gasteiger partial charge is 0.465 e. The molecule has 0 aromatic carbocycles. The average molecular weight is 715 g/mol. The Kier molecular flexibility index (Phi) is 19.4. The first-order valence-corrected chi connectivity index (χ1v) is 22.7. The van der Waals surface area contributed by atoms with Gasteiger partial charge in [-0.1, -0.05) is 120 Å². The zero-order valence-electron chi connectivity index (χ0n) is 35.5. The zero-order valence-corrected chi connectivity index (χ0v) is 35.5. The first-order valence-electron chi connectivity index (χ1n) is 22.7. The van der Waals surface area contributed by atoms with Gasteiger partial charge in [-0.3, -0.25) is 9.59 Å². The number of hydrogen-bond donors (Lipinski definition) is 0. The second-order valence-corrected chi connectivity index (χ2v) is 19.5. The van der Waals surface area contributed by atoms with Crippen LogP contribution < -0.4 is 0 Å². The van der Waals surface area contributed by atoms with Crippen molar-refractivity contribution in [3.05, 3.63) is 0 Å². The maximum Gasteiger partial charge on any atom is 0.310 e. The molecule has 51 heavy (non-hydrogen) atoms. The van der Waals surface area contributed by atoms with Crippen LogP contribution in [0, 0.1) is 64.1 Å². The number of carbonyl (C=O) groups is 2. The molecule has 3 aliphatic carbocycles. The van der Waals surface area contributed by atoms with E-state index in [9.17, 15) is 9.59 Å². The Morgan fingerprint density at radius 3 is 1.45 bits per heavy atom. The summed E-state index contributed by atoms with van der Waals surface area (Å²) in [6, 6.07) is 0. The lowest BCUT2D eigenvalue weighted by Gasteiger charge is -2.42. The molecular formula is C47H86O4. The first-order chi connectivity index (χ1) is 24.4. The van der Waals surface area contributed by atoms with Crippen molar-refractivity contribution < 1.29 is 19.1 Å². The van der Waals surface area contributed by atoms with Crippen LogP contribution in [0.2, 0.25) is 0 Å². The molecule has 7 unspecified atom stereocenters. The summed E-state index contributed by atoms with van der Waals surface area (Å²) in [6.45, 7) is 22.4. The van der Waals surface area contributed by atoms with Gasteiger partial charge in [-0.25, -0.2) is 0 Å². The Balaban J connectivity index is 1.43. The van der Waals surface area contributed by atoms with Crippen LogP contribution in [0.15, 0.2) is 0 Å². The van der Waals surface area contributed by atoms with Gasteiger partial charge in [0.2, 0.25) is 0 Å². The summed E-state index contributed by atoms with van der Waals surface area (Å²) in [5.41, 5.74) is 0.915. The van der Waals surface area contributed by atoms with E-state index in [4.69, 9.17) is 9.47 Å². The number of carbonyl (C=O) groups excluding carboxylic acids is 2. The fraction of sp³-hybridized carbons (Fsp3) is 0.957. The number of hydrogen-bond acceptors (Lipinski definition) is 4. The standard InChI is InChI=1S/C47H86O4/c1-10-14-17-35(5)29-37(7)31-46(12-3)25-21-40(22-26-46)33-50-44(48)42-20-16-19-39(9)43(42)45(49)51-34-41-23-27-47(13-4,28-24-41)32-38(8)30-36(6)18-15-11-2/h35-43H,10-34H2,1-9H3. The third-order valence-corrected chi connectivity index (χ3v) is 14.8. The lowest BCUT2D eigenvalue weighted by Crippen LogP contribution is -2.40. The van der Waals surface area contributed by atoms with Crippen molar-refractivity contribution in [1.82, 2.24) is 0 Å². The Hall–Kier alpha value is -1.06. The topological polar surface area (TPSA) is 52.6 Å². The van der Waals surface area contributed by atoms with Gasteiger partial charge in [-0.2, -0.15) is 0 Å². The van der Waals surface area contributed by atoms with Crippen LogP contribution in [-0.4, -0.2) is 25.2 Å². The lowest BCUT2D eigenvalue weighted by atomic mass is 9.64. The van der Waals surface area contributed by atoms with Gasteiger partial charge in [0.1, 0.15) is 0 Å². The number of rotatable bonds is 22. The molecule has 0 aromatic rings. The molecule has 7 atom stereocenters. The maximum atomic E-state index is 13.7. The van der Waals surface area contributed by atoms with Crippen molar-refractivity contribution in [2.24, 2.45) is 64.1 Å². The quantitative estimate of drug-likeness (QED) is 0.105. The van der Waals surface area contributed by atoms with Crippen LogP contribution >= 0.6 is 0 Å². The highest BCUT2D eigenvalue weighted by molar-refractivity contribution is 5.82. The van der Waals surface area contributed by atoms with Crippen molar-refractivity contribution in [2.45, 2.75) is 210 Å². The monoisotopic (exact) mass is 715 g/mol. The van der Waals surface area contributed by atoms with Gasteiger partial charge in [0, 0.05) is 0 Å². The molecule has 0 N–H and O–H groups in total. The molecule has 3 saturated carbocycles. The third kappa shape index (κ3) is 14.3. The van der Waals surface area contributed by atoms with E-state index in [1.54, 1.807) is 0 Å². The van der Waals surface area contributed by atoms with E-state index in [0.29, 0.717) is 35.9 Å². The molecule has 0 aliphatic heterocycles. The SMILES string of the molecule is CCCCC(C)CC(C)CC1(CC)CCC(COC(=O)C2CCCC(C)C2C(=O)OCC2CCC(CC)(CC(C)CC(C)CCCC)CC2)CC1. The van der Waals surface area contributed by atoms with Crippen molar-refractivity contribution in [1.29, 1.82) is 0 Å². The summed E-state index contributed by atoms with van der Waals surface area (Å²) < 4.78 is 12.2. The fourth-order valence-corrected chi connectivity index (χ4v) is 11.4. The summed E-state index contributed by atoms with van der Waals surface area (Å²) >= 11 is 0. The van der Waals surface area contributed by atoms with E-state index in [-0.39, 0.29) is 29.7 Å². The molecule has 0 amide bonds. The predicted molar refractivity (Wildman–Crippen MR) is 215 cm³/mol. The molecular weight excluding hydrogens is 629 g/mol. The summed E-state index contributed by atoms with van der Waals surface area (Å²) in [7, 11) is 0. The molecule has 298 valence electrons. The minimum absolute atomic E-state index is 0.144. The van der Waals surface area contributed by atoms with Crippen LogP contribution in [-0.2, 0) is 19.1 Å². The second-order valence-electron chi connectivity index (χ2n) is 19.5. The van der Waals surface area contributed by atoms with Crippen LogP contribution in [0.1, 0.15) is 210 Å². The molecule has 3 fully saturated rings. The van der Waals surface area contributed by atoms with Crippen LogP contribution in [0.25, 0.3) is 0 Å². The van der Waals surface area contributed by atoms with E-state index in [2.05, 4.69) is 62.3 Å². The van der Waals surface area contributed by atoms with E-state index in [1.165, 1.54) is 103 Å². The minimum atomic E-state index is -0.361. The van der Waals surface area contributed by atoms with Crippen LogP contribution in [0.3, 0.4) is 0 Å². The van der Waals surface area contributed by atoms with Crippen molar-refractivity contribution >= 4 is 11.9 Å². The molecule has 3 rings (SSSR count). The number of esters is 2.